The molecule has 0 unspecified atom stereocenters. The van der Waals surface area contributed by atoms with Crippen molar-refractivity contribution in [3.8, 4) is 0 Å². The molecule has 0 bridgehead atoms. The smallest absolute Gasteiger partial charge is 0.0345 e. The Morgan fingerprint density at radius 2 is 2.07 bits per heavy atom. The number of hydrogen-bond acceptors (Lipinski definition) is 2. The van der Waals surface area contributed by atoms with E-state index in [1.165, 1.54) is 15.6 Å². The molecule has 0 fully saturated rings. The summed E-state index contributed by atoms with van der Waals surface area (Å²) in [5, 5.41) is 6.86. The Bertz CT molecular complexity index is 397. The lowest BCUT2D eigenvalue weighted by Gasteiger charge is -1.97. The van der Waals surface area contributed by atoms with Crippen LogP contribution in [0.1, 0.15) is 5.56 Å². The molecule has 14 heavy (non-hydrogen) atoms. The fourth-order valence-corrected chi connectivity index (χ4v) is 2.48. The first-order chi connectivity index (χ1) is 6.42. The Morgan fingerprint density at radius 1 is 1.29 bits per heavy atom. The summed E-state index contributed by atoms with van der Waals surface area (Å²) in [6, 6.07) is 8.60. The molecule has 0 amide bonds. The molecule has 0 saturated carbocycles. The van der Waals surface area contributed by atoms with Gasteiger partial charge in [0.1, 0.15) is 0 Å². The van der Waals surface area contributed by atoms with Crippen molar-refractivity contribution in [2.75, 3.05) is 13.6 Å². The van der Waals surface area contributed by atoms with Crippen molar-refractivity contribution in [1.82, 2.24) is 5.32 Å². The molecule has 1 N–H and O–H groups in total. The highest BCUT2D eigenvalue weighted by molar-refractivity contribution is 7.17. The number of halogens is 1. The van der Waals surface area contributed by atoms with E-state index in [0.717, 1.165) is 13.0 Å². The molecule has 0 aliphatic carbocycles. The average molecular weight is 228 g/mol. The highest BCUT2D eigenvalue weighted by atomic mass is 35.5. The van der Waals surface area contributed by atoms with Gasteiger partial charge in [0.05, 0.1) is 0 Å². The molecule has 1 aromatic heterocycles. The van der Waals surface area contributed by atoms with Crippen molar-refractivity contribution in [2.24, 2.45) is 0 Å². The SMILES string of the molecule is CNCCc1csc2ccccc12.Cl. The van der Waals surface area contributed by atoms with Crippen LogP contribution in [0, 0.1) is 0 Å². The van der Waals surface area contributed by atoms with Crippen molar-refractivity contribution in [3.05, 3.63) is 35.2 Å². The van der Waals surface area contributed by atoms with Gasteiger partial charge < -0.3 is 5.32 Å². The Balaban J connectivity index is 0.000000980. The minimum absolute atomic E-state index is 0. The minimum Gasteiger partial charge on any atom is -0.319 e. The van der Waals surface area contributed by atoms with Gasteiger partial charge in [-0.05, 0) is 42.4 Å². The van der Waals surface area contributed by atoms with Crippen LogP contribution in [-0.4, -0.2) is 13.6 Å². The van der Waals surface area contributed by atoms with Gasteiger partial charge in [-0.15, -0.1) is 23.7 Å². The largest absolute Gasteiger partial charge is 0.319 e. The number of thiophene rings is 1. The van der Waals surface area contributed by atoms with Crippen molar-refractivity contribution >= 4 is 33.8 Å². The summed E-state index contributed by atoms with van der Waals surface area (Å²) in [6.07, 6.45) is 1.13. The molecule has 2 aromatic rings. The number of benzene rings is 1. The molecule has 3 heteroatoms. The summed E-state index contributed by atoms with van der Waals surface area (Å²) in [5.41, 5.74) is 1.47. The van der Waals surface area contributed by atoms with Crippen LogP contribution in [0.3, 0.4) is 0 Å². The maximum absolute atomic E-state index is 3.18. The summed E-state index contributed by atoms with van der Waals surface area (Å²) < 4.78 is 1.40. The standard InChI is InChI=1S/C11H13NS.ClH/c1-12-7-6-9-8-13-11-5-3-2-4-10(9)11;/h2-5,8,12H,6-7H2,1H3;1H. The van der Waals surface area contributed by atoms with Crippen molar-refractivity contribution in [1.29, 1.82) is 0 Å². The lowest BCUT2D eigenvalue weighted by atomic mass is 10.1. The number of hydrogen-bond donors (Lipinski definition) is 1. The van der Waals surface area contributed by atoms with E-state index in [1.807, 2.05) is 18.4 Å². The second kappa shape index (κ2) is 5.35. The van der Waals surface area contributed by atoms with Gasteiger partial charge in [0, 0.05) is 4.70 Å². The third-order valence-electron chi connectivity index (χ3n) is 2.21. The maximum atomic E-state index is 3.18. The van der Waals surface area contributed by atoms with E-state index in [9.17, 15) is 0 Å². The monoisotopic (exact) mass is 227 g/mol. The molecule has 2 rings (SSSR count). The second-order valence-electron chi connectivity index (χ2n) is 3.11. The van der Waals surface area contributed by atoms with E-state index < -0.39 is 0 Å². The molecule has 1 heterocycles. The summed E-state index contributed by atoms with van der Waals surface area (Å²) >= 11 is 1.84. The third-order valence-corrected chi connectivity index (χ3v) is 3.22. The second-order valence-corrected chi connectivity index (χ2v) is 4.02. The number of fused-ring (bicyclic) bond motifs is 1. The summed E-state index contributed by atoms with van der Waals surface area (Å²) in [6.45, 7) is 1.06. The summed E-state index contributed by atoms with van der Waals surface area (Å²) in [4.78, 5) is 0. The first-order valence-electron chi connectivity index (χ1n) is 4.51. The molecule has 1 nitrogen and oxygen atoms in total. The predicted octanol–water partition coefficient (Wildman–Crippen LogP) is 3.09. The van der Waals surface area contributed by atoms with E-state index in [1.54, 1.807) is 0 Å². The van der Waals surface area contributed by atoms with E-state index in [-0.39, 0.29) is 12.4 Å². The highest BCUT2D eigenvalue weighted by Crippen LogP contribution is 2.25. The first-order valence-corrected chi connectivity index (χ1v) is 5.39. The van der Waals surface area contributed by atoms with E-state index >= 15 is 0 Å². The van der Waals surface area contributed by atoms with E-state index in [4.69, 9.17) is 0 Å². The zero-order valence-corrected chi connectivity index (χ0v) is 9.75. The number of rotatable bonds is 3. The predicted molar refractivity (Wildman–Crippen MR) is 66.7 cm³/mol. The van der Waals surface area contributed by atoms with Gasteiger partial charge in [-0.25, -0.2) is 0 Å². The molecule has 0 radical (unpaired) electrons. The van der Waals surface area contributed by atoms with Gasteiger partial charge in [-0.2, -0.15) is 0 Å². The number of likely N-dealkylation sites (N-methyl/N-ethyl adjacent to an activating group) is 1. The lowest BCUT2D eigenvalue weighted by Crippen LogP contribution is -2.09. The van der Waals surface area contributed by atoms with Crippen LogP contribution in [0.4, 0.5) is 0 Å². The molecule has 76 valence electrons. The molecule has 0 atom stereocenters. The molecule has 0 aliphatic heterocycles. The van der Waals surface area contributed by atoms with Crippen LogP contribution in [0.25, 0.3) is 10.1 Å². The Labute approximate surface area is 94.6 Å². The quantitative estimate of drug-likeness (QED) is 0.850. The Hall–Kier alpha value is -0.570. The van der Waals surface area contributed by atoms with Crippen LogP contribution in [0.5, 0.6) is 0 Å². The van der Waals surface area contributed by atoms with E-state index in [0.29, 0.717) is 0 Å². The van der Waals surface area contributed by atoms with Gasteiger partial charge in [-0.3, -0.25) is 0 Å². The topological polar surface area (TPSA) is 12.0 Å². The molecular formula is C11H14ClNS. The van der Waals surface area contributed by atoms with Gasteiger partial charge >= 0.3 is 0 Å². The molecular weight excluding hydrogens is 214 g/mol. The van der Waals surface area contributed by atoms with Gasteiger partial charge in [0.25, 0.3) is 0 Å². The number of nitrogens with one attached hydrogen (secondary N) is 1. The lowest BCUT2D eigenvalue weighted by molar-refractivity contribution is 0.796. The van der Waals surface area contributed by atoms with E-state index in [2.05, 4.69) is 35.0 Å². The summed E-state index contributed by atoms with van der Waals surface area (Å²) in [7, 11) is 1.99. The van der Waals surface area contributed by atoms with Crippen molar-refractivity contribution in [2.45, 2.75) is 6.42 Å². The maximum Gasteiger partial charge on any atom is 0.0345 e. The van der Waals surface area contributed by atoms with Gasteiger partial charge in [-0.1, -0.05) is 18.2 Å². The summed E-state index contributed by atoms with van der Waals surface area (Å²) in [5.74, 6) is 0. The molecule has 1 aromatic carbocycles. The normalized spacial score (nSPS) is 10.1. The van der Waals surface area contributed by atoms with Gasteiger partial charge in [0.2, 0.25) is 0 Å². The van der Waals surface area contributed by atoms with Crippen LogP contribution < -0.4 is 5.32 Å². The fraction of sp³-hybridized carbons (Fsp3) is 0.273. The average Bonchev–Trinajstić information content (AvgIpc) is 2.58. The Kier molecular flexibility index (Phi) is 4.39. The zero-order chi connectivity index (χ0) is 9.10. The van der Waals surface area contributed by atoms with Crippen LogP contribution in [0.2, 0.25) is 0 Å². The van der Waals surface area contributed by atoms with Crippen LogP contribution in [-0.2, 0) is 6.42 Å². The van der Waals surface area contributed by atoms with Crippen LogP contribution >= 0.6 is 23.7 Å². The first kappa shape index (κ1) is 11.5. The molecule has 0 aliphatic rings. The zero-order valence-electron chi connectivity index (χ0n) is 8.12. The van der Waals surface area contributed by atoms with Crippen molar-refractivity contribution in [3.63, 3.8) is 0 Å². The van der Waals surface area contributed by atoms with Crippen LogP contribution in [0.15, 0.2) is 29.6 Å². The Morgan fingerprint density at radius 3 is 2.86 bits per heavy atom. The van der Waals surface area contributed by atoms with Crippen molar-refractivity contribution < 1.29 is 0 Å². The minimum atomic E-state index is 0. The molecule has 0 spiro atoms. The fourth-order valence-electron chi connectivity index (χ4n) is 1.49. The highest BCUT2D eigenvalue weighted by Gasteiger charge is 2.01. The molecule has 0 saturated heterocycles. The van der Waals surface area contributed by atoms with Gasteiger partial charge in [0.15, 0.2) is 0 Å². The third kappa shape index (κ3) is 2.27.